The van der Waals surface area contributed by atoms with E-state index in [1.165, 1.54) is 5.56 Å². The van der Waals surface area contributed by atoms with Crippen LogP contribution in [0.3, 0.4) is 0 Å². The molecule has 116 valence electrons. The molecule has 0 unspecified atom stereocenters. The molecule has 0 aliphatic heterocycles. The SMILES string of the molecule is COc1ccccc1OCc1cccc(C[n+]2ccccc2)c1. The summed E-state index contributed by atoms with van der Waals surface area (Å²) in [7, 11) is 1.65. The van der Waals surface area contributed by atoms with Gasteiger partial charge in [-0.2, -0.15) is 0 Å². The normalized spacial score (nSPS) is 10.3. The topological polar surface area (TPSA) is 22.3 Å². The molecule has 23 heavy (non-hydrogen) atoms. The van der Waals surface area contributed by atoms with Crippen LogP contribution >= 0.6 is 0 Å². The number of pyridine rings is 1. The zero-order valence-corrected chi connectivity index (χ0v) is 13.2. The van der Waals surface area contributed by atoms with Crippen LogP contribution in [0.15, 0.2) is 79.1 Å². The van der Waals surface area contributed by atoms with Crippen molar-refractivity contribution in [3.63, 3.8) is 0 Å². The number of ether oxygens (including phenoxy) is 2. The first kappa shape index (κ1) is 15.1. The minimum atomic E-state index is 0.521. The van der Waals surface area contributed by atoms with Crippen molar-refractivity contribution in [2.24, 2.45) is 0 Å². The molecule has 2 aromatic carbocycles. The van der Waals surface area contributed by atoms with Gasteiger partial charge in [-0.15, -0.1) is 0 Å². The molecule has 3 nitrogen and oxygen atoms in total. The first-order valence-electron chi connectivity index (χ1n) is 7.63. The third-order valence-electron chi connectivity index (χ3n) is 3.60. The van der Waals surface area contributed by atoms with Crippen molar-refractivity contribution >= 4 is 0 Å². The molecule has 3 aromatic rings. The summed E-state index contributed by atoms with van der Waals surface area (Å²) in [6.45, 7) is 1.37. The van der Waals surface area contributed by atoms with Crippen molar-refractivity contribution in [2.75, 3.05) is 7.11 Å². The largest absolute Gasteiger partial charge is 0.493 e. The minimum absolute atomic E-state index is 0.521. The average Bonchev–Trinajstić information content (AvgIpc) is 2.61. The van der Waals surface area contributed by atoms with Crippen LogP contribution in [0.5, 0.6) is 11.5 Å². The van der Waals surface area contributed by atoms with Gasteiger partial charge in [0, 0.05) is 17.7 Å². The molecule has 0 bridgehead atoms. The van der Waals surface area contributed by atoms with Gasteiger partial charge in [0.25, 0.3) is 0 Å². The molecular formula is C20H20NO2+. The molecule has 0 atom stereocenters. The van der Waals surface area contributed by atoms with E-state index in [1.54, 1.807) is 7.11 Å². The minimum Gasteiger partial charge on any atom is -0.493 e. The molecule has 0 aliphatic rings. The fourth-order valence-corrected chi connectivity index (χ4v) is 2.47. The highest BCUT2D eigenvalue weighted by molar-refractivity contribution is 5.39. The molecule has 0 saturated heterocycles. The van der Waals surface area contributed by atoms with Crippen LogP contribution in [0.4, 0.5) is 0 Å². The van der Waals surface area contributed by atoms with Gasteiger partial charge in [-0.05, 0) is 23.8 Å². The van der Waals surface area contributed by atoms with Crippen molar-refractivity contribution in [2.45, 2.75) is 13.2 Å². The monoisotopic (exact) mass is 306 g/mol. The van der Waals surface area contributed by atoms with Crippen LogP contribution in [0.2, 0.25) is 0 Å². The predicted octanol–water partition coefficient (Wildman–Crippen LogP) is 3.61. The lowest BCUT2D eigenvalue weighted by Gasteiger charge is -2.10. The molecule has 0 N–H and O–H groups in total. The third-order valence-corrected chi connectivity index (χ3v) is 3.60. The Labute approximate surface area is 136 Å². The molecule has 0 radical (unpaired) electrons. The Kier molecular flexibility index (Phi) is 4.89. The van der Waals surface area contributed by atoms with Gasteiger partial charge in [-0.3, -0.25) is 0 Å². The molecular weight excluding hydrogens is 286 g/mol. The van der Waals surface area contributed by atoms with Gasteiger partial charge in [0.15, 0.2) is 30.4 Å². The van der Waals surface area contributed by atoms with E-state index >= 15 is 0 Å². The maximum Gasteiger partial charge on any atom is 0.173 e. The number of hydrogen-bond donors (Lipinski definition) is 0. The van der Waals surface area contributed by atoms with E-state index in [0.29, 0.717) is 6.61 Å². The van der Waals surface area contributed by atoms with Crippen molar-refractivity contribution in [3.05, 3.63) is 90.3 Å². The molecule has 3 rings (SSSR count). The first-order chi connectivity index (χ1) is 11.3. The highest BCUT2D eigenvalue weighted by Crippen LogP contribution is 2.26. The summed E-state index contributed by atoms with van der Waals surface area (Å²) in [5, 5.41) is 0. The van der Waals surface area contributed by atoms with Gasteiger partial charge in [-0.1, -0.05) is 36.4 Å². The summed E-state index contributed by atoms with van der Waals surface area (Å²) in [4.78, 5) is 0. The van der Waals surface area contributed by atoms with Crippen LogP contribution in [0.25, 0.3) is 0 Å². The van der Waals surface area contributed by atoms with Gasteiger partial charge >= 0.3 is 0 Å². The van der Waals surface area contributed by atoms with Crippen molar-refractivity contribution in [1.82, 2.24) is 0 Å². The standard InChI is InChI=1S/C20H20NO2/c1-22-19-10-3-4-11-20(19)23-16-18-9-7-8-17(14-18)15-21-12-5-2-6-13-21/h2-14H,15-16H2,1H3/q+1. The molecule has 1 heterocycles. The number of aromatic nitrogens is 1. The number of hydrogen-bond acceptors (Lipinski definition) is 2. The number of benzene rings is 2. The smallest absolute Gasteiger partial charge is 0.173 e. The average molecular weight is 306 g/mol. The summed E-state index contributed by atoms with van der Waals surface area (Å²) < 4.78 is 13.3. The van der Waals surface area contributed by atoms with Gasteiger partial charge in [0.2, 0.25) is 0 Å². The Morgan fingerprint density at radius 3 is 2.30 bits per heavy atom. The van der Waals surface area contributed by atoms with Gasteiger partial charge in [0.05, 0.1) is 7.11 Å². The second-order valence-electron chi connectivity index (χ2n) is 5.31. The maximum absolute atomic E-state index is 5.89. The van der Waals surface area contributed by atoms with Crippen molar-refractivity contribution in [3.8, 4) is 11.5 Å². The summed E-state index contributed by atoms with van der Waals surface area (Å²) in [6, 6.07) is 22.2. The molecule has 0 fully saturated rings. The second-order valence-corrected chi connectivity index (χ2v) is 5.31. The van der Waals surface area contributed by atoms with Crippen molar-refractivity contribution in [1.29, 1.82) is 0 Å². The van der Waals surface area contributed by atoms with Crippen LogP contribution in [0, 0.1) is 0 Å². The van der Waals surface area contributed by atoms with Crippen LogP contribution in [-0.2, 0) is 13.2 Å². The lowest BCUT2D eigenvalue weighted by Crippen LogP contribution is -2.32. The van der Waals surface area contributed by atoms with E-state index < -0.39 is 0 Å². The van der Waals surface area contributed by atoms with Crippen LogP contribution in [0.1, 0.15) is 11.1 Å². The zero-order valence-electron chi connectivity index (χ0n) is 13.2. The van der Waals surface area contributed by atoms with Crippen LogP contribution < -0.4 is 14.0 Å². The lowest BCUT2D eigenvalue weighted by molar-refractivity contribution is -0.688. The summed E-state index contributed by atoms with van der Waals surface area (Å²) in [5.74, 6) is 1.52. The maximum atomic E-state index is 5.89. The Morgan fingerprint density at radius 2 is 1.52 bits per heavy atom. The molecule has 0 aliphatic carbocycles. The zero-order chi connectivity index (χ0) is 15.9. The number of rotatable bonds is 6. The van der Waals surface area contributed by atoms with E-state index in [9.17, 15) is 0 Å². The summed E-state index contributed by atoms with van der Waals surface area (Å²) in [5.41, 5.74) is 2.40. The predicted molar refractivity (Wildman–Crippen MR) is 89.5 cm³/mol. The Balaban J connectivity index is 1.68. The molecule has 0 spiro atoms. The van der Waals surface area contributed by atoms with E-state index in [4.69, 9.17) is 9.47 Å². The fraction of sp³-hybridized carbons (Fsp3) is 0.150. The lowest BCUT2D eigenvalue weighted by atomic mass is 10.1. The molecule has 3 heteroatoms. The molecule has 1 aromatic heterocycles. The summed E-state index contributed by atoms with van der Waals surface area (Å²) in [6.07, 6.45) is 4.13. The fourth-order valence-electron chi connectivity index (χ4n) is 2.47. The van der Waals surface area contributed by atoms with Gasteiger partial charge in [-0.25, -0.2) is 4.57 Å². The van der Waals surface area contributed by atoms with Gasteiger partial charge < -0.3 is 9.47 Å². The summed E-state index contributed by atoms with van der Waals surface area (Å²) >= 11 is 0. The number of nitrogens with zero attached hydrogens (tertiary/aromatic N) is 1. The third kappa shape index (κ3) is 4.10. The molecule has 0 amide bonds. The highest BCUT2D eigenvalue weighted by Gasteiger charge is 2.05. The highest BCUT2D eigenvalue weighted by atomic mass is 16.5. The Bertz CT molecular complexity index is 756. The Hall–Kier alpha value is -2.81. The van der Waals surface area contributed by atoms with Gasteiger partial charge in [0.1, 0.15) is 6.61 Å². The molecule has 0 saturated carbocycles. The first-order valence-corrected chi connectivity index (χ1v) is 7.63. The quantitative estimate of drug-likeness (QED) is 0.649. The van der Waals surface area contributed by atoms with E-state index in [1.807, 2.05) is 42.5 Å². The van der Waals surface area contributed by atoms with E-state index in [0.717, 1.165) is 23.6 Å². The second kappa shape index (κ2) is 7.45. The van der Waals surface area contributed by atoms with Crippen LogP contribution in [-0.4, -0.2) is 7.11 Å². The Morgan fingerprint density at radius 1 is 0.783 bits per heavy atom. The van der Waals surface area contributed by atoms with E-state index in [2.05, 4.69) is 41.2 Å². The van der Waals surface area contributed by atoms with E-state index in [-0.39, 0.29) is 0 Å². The number of methoxy groups -OCH3 is 1. The van der Waals surface area contributed by atoms with Crippen molar-refractivity contribution < 1.29 is 14.0 Å². The number of para-hydroxylation sites is 2.